The Bertz CT molecular complexity index is 298. The van der Waals surface area contributed by atoms with Crippen molar-refractivity contribution >= 4 is 11.9 Å². The van der Waals surface area contributed by atoms with Gasteiger partial charge < -0.3 is 21.3 Å². The molecule has 96 valence electrons. The highest BCUT2D eigenvalue weighted by Crippen LogP contribution is 2.20. The van der Waals surface area contributed by atoms with E-state index in [0.29, 0.717) is 6.04 Å². The van der Waals surface area contributed by atoms with Gasteiger partial charge in [0.15, 0.2) is 0 Å². The van der Waals surface area contributed by atoms with Crippen LogP contribution >= 0.6 is 0 Å². The summed E-state index contributed by atoms with van der Waals surface area (Å²) >= 11 is 0. The van der Waals surface area contributed by atoms with Crippen LogP contribution in [0, 0.1) is 0 Å². The van der Waals surface area contributed by atoms with E-state index in [0.717, 1.165) is 38.8 Å². The van der Waals surface area contributed by atoms with E-state index in [1.807, 2.05) is 0 Å². The number of rotatable bonds is 4. The van der Waals surface area contributed by atoms with Gasteiger partial charge in [0.25, 0.3) is 0 Å². The number of nitrogens with zero attached hydrogens (tertiary/aromatic N) is 1. The quantitative estimate of drug-likeness (QED) is 0.613. The topological polar surface area (TPSA) is 87.5 Å². The fraction of sp³-hybridized carbons (Fsp3) is 0.818. The van der Waals surface area contributed by atoms with Crippen LogP contribution in [0.25, 0.3) is 0 Å². The van der Waals surface area contributed by atoms with E-state index in [9.17, 15) is 9.59 Å². The zero-order chi connectivity index (χ0) is 12.3. The summed E-state index contributed by atoms with van der Waals surface area (Å²) in [6.07, 6.45) is 3.85. The van der Waals surface area contributed by atoms with Crippen LogP contribution in [0.3, 0.4) is 0 Å². The SMILES string of the molecule is NC(=O)CN(C(=O)NC1CC1)C1CCNCC1. The van der Waals surface area contributed by atoms with Gasteiger partial charge in [0.1, 0.15) is 6.54 Å². The molecule has 6 heteroatoms. The second-order valence-corrected chi connectivity index (χ2v) is 4.80. The van der Waals surface area contributed by atoms with Gasteiger partial charge in [-0.3, -0.25) is 4.79 Å². The van der Waals surface area contributed by atoms with Gasteiger partial charge in [-0.15, -0.1) is 0 Å². The third kappa shape index (κ3) is 3.59. The second kappa shape index (κ2) is 5.35. The van der Waals surface area contributed by atoms with E-state index in [-0.39, 0.29) is 18.6 Å². The Morgan fingerprint density at radius 2 is 1.88 bits per heavy atom. The molecule has 3 amide bonds. The standard InChI is InChI=1S/C11H20N4O2/c12-10(16)7-15(9-3-5-13-6-4-9)11(17)14-8-1-2-8/h8-9,13H,1-7H2,(H2,12,16)(H,14,17). The molecule has 1 saturated carbocycles. The molecule has 0 spiro atoms. The smallest absolute Gasteiger partial charge is 0.318 e. The molecule has 0 aromatic carbocycles. The number of piperidine rings is 1. The van der Waals surface area contributed by atoms with Gasteiger partial charge in [-0.25, -0.2) is 4.79 Å². The third-order valence-electron chi connectivity index (χ3n) is 3.24. The first-order valence-corrected chi connectivity index (χ1v) is 6.23. The number of hydrogen-bond acceptors (Lipinski definition) is 3. The molecule has 0 bridgehead atoms. The van der Waals surface area contributed by atoms with Crippen molar-refractivity contribution in [3.05, 3.63) is 0 Å². The molecule has 0 radical (unpaired) electrons. The van der Waals surface area contributed by atoms with Crippen molar-refractivity contribution in [3.8, 4) is 0 Å². The Labute approximate surface area is 101 Å². The first-order valence-electron chi connectivity index (χ1n) is 6.23. The minimum absolute atomic E-state index is 0.0171. The largest absolute Gasteiger partial charge is 0.368 e. The number of nitrogens with two attached hydrogens (primary N) is 1. The average molecular weight is 240 g/mol. The molecule has 4 N–H and O–H groups in total. The molecule has 17 heavy (non-hydrogen) atoms. The third-order valence-corrected chi connectivity index (χ3v) is 3.24. The Hall–Kier alpha value is -1.30. The lowest BCUT2D eigenvalue weighted by molar-refractivity contribution is -0.119. The highest BCUT2D eigenvalue weighted by Gasteiger charge is 2.30. The zero-order valence-corrected chi connectivity index (χ0v) is 9.95. The van der Waals surface area contributed by atoms with Crippen molar-refractivity contribution in [1.82, 2.24) is 15.5 Å². The summed E-state index contributed by atoms with van der Waals surface area (Å²) in [5, 5.41) is 6.16. The monoisotopic (exact) mass is 240 g/mol. The maximum atomic E-state index is 12.0. The summed E-state index contributed by atoms with van der Waals surface area (Å²) in [6.45, 7) is 1.79. The summed E-state index contributed by atoms with van der Waals surface area (Å²) in [7, 11) is 0. The van der Waals surface area contributed by atoms with E-state index in [1.54, 1.807) is 4.90 Å². The number of amides is 3. The van der Waals surface area contributed by atoms with E-state index in [4.69, 9.17) is 5.73 Å². The van der Waals surface area contributed by atoms with Crippen LogP contribution < -0.4 is 16.4 Å². The fourth-order valence-corrected chi connectivity index (χ4v) is 2.14. The molecule has 2 rings (SSSR count). The molecule has 1 aliphatic carbocycles. The Morgan fingerprint density at radius 1 is 1.24 bits per heavy atom. The maximum absolute atomic E-state index is 12.0. The number of nitrogens with one attached hydrogen (secondary N) is 2. The van der Waals surface area contributed by atoms with Crippen molar-refractivity contribution in [2.45, 2.75) is 37.8 Å². The van der Waals surface area contributed by atoms with Gasteiger partial charge in [-0.2, -0.15) is 0 Å². The Kier molecular flexibility index (Phi) is 3.83. The van der Waals surface area contributed by atoms with Crippen molar-refractivity contribution < 1.29 is 9.59 Å². The van der Waals surface area contributed by atoms with Crippen LogP contribution in [0.5, 0.6) is 0 Å². The Balaban J connectivity index is 1.94. The van der Waals surface area contributed by atoms with Crippen LogP contribution in [-0.2, 0) is 4.79 Å². The van der Waals surface area contributed by atoms with Crippen LogP contribution in [0.2, 0.25) is 0 Å². The molecule has 1 saturated heterocycles. The van der Waals surface area contributed by atoms with Crippen molar-refractivity contribution in [2.24, 2.45) is 5.73 Å². The second-order valence-electron chi connectivity index (χ2n) is 4.80. The molecule has 0 unspecified atom stereocenters. The van der Waals surface area contributed by atoms with Crippen LogP contribution in [0.15, 0.2) is 0 Å². The molecule has 0 atom stereocenters. The predicted molar refractivity (Wildman–Crippen MR) is 63.3 cm³/mol. The number of primary amides is 1. The van der Waals surface area contributed by atoms with Gasteiger partial charge in [0.2, 0.25) is 5.91 Å². The number of urea groups is 1. The highest BCUT2D eigenvalue weighted by molar-refractivity contribution is 5.83. The van der Waals surface area contributed by atoms with E-state index < -0.39 is 5.91 Å². The molecule has 0 aromatic heterocycles. The maximum Gasteiger partial charge on any atom is 0.318 e. The van der Waals surface area contributed by atoms with E-state index in [2.05, 4.69) is 10.6 Å². The predicted octanol–water partition coefficient (Wildman–Crippen LogP) is -0.602. The highest BCUT2D eigenvalue weighted by atomic mass is 16.2. The van der Waals surface area contributed by atoms with Crippen LogP contribution in [0.4, 0.5) is 4.79 Å². The Morgan fingerprint density at radius 3 is 2.41 bits per heavy atom. The zero-order valence-electron chi connectivity index (χ0n) is 9.95. The van der Waals surface area contributed by atoms with Gasteiger partial charge in [-0.05, 0) is 38.8 Å². The number of carbonyl (C=O) groups is 2. The lowest BCUT2D eigenvalue weighted by Crippen LogP contribution is -2.53. The lowest BCUT2D eigenvalue weighted by atomic mass is 10.1. The normalized spacial score (nSPS) is 20.9. The van der Waals surface area contributed by atoms with Gasteiger partial charge >= 0.3 is 6.03 Å². The minimum atomic E-state index is -0.450. The van der Waals surface area contributed by atoms with Crippen molar-refractivity contribution in [2.75, 3.05) is 19.6 Å². The van der Waals surface area contributed by atoms with E-state index >= 15 is 0 Å². The summed E-state index contributed by atoms with van der Waals surface area (Å²) < 4.78 is 0. The summed E-state index contributed by atoms with van der Waals surface area (Å²) in [6, 6.07) is 0.292. The van der Waals surface area contributed by atoms with Gasteiger partial charge in [-0.1, -0.05) is 0 Å². The first-order chi connectivity index (χ1) is 8.16. The summed E-state index contributed by atoms with van der Waals surface area (Å²) in [4.78, 5) is 24.7. The molecule has 1 heterocycles. The fourth-order valence-electron chi connectivity index (χ4n) is 2.14. The molecule has 2 aliphatic rings. The summed E-state index contributed by atoms with van der Waals surface area (Å²) in [5.74, 6) is -0.450. The van der Waals surface area contributed by atoms with Crippen LogP contribution in [0.1, 0.15) is 25.7 Å². The minimum Gasteiger partial charge on any atom is -0.368 e. The molecule has 6 nitrogen and oxygen atoms in total. The number of carbonyl (C=O) groups excluding carboxylic acids is 2. The van der Waals surface area contributed by atoms with Crippen molar-refractivity contribution in [3.63, 3.8) is 0 Å². The molecule has 2 fully saturated rings. The molecular weight excluding hydrogens is 220 g/mol. The molecule has 0 aromatic rings. The van der Waals surface area contributed by atoms with Crippen LogP contribution in [-0.4, -0.2) is 48.6 Å². The average Bonchev–Trinajstić information content (AvgIpc) is 3.10. The van der Waals surface area contributed by atoms with Crippen molar-refractivity contribution in [1.29, 1.82) is 0 Å². The van der Waals surface area contributed by atoms with E-state index in [1.165, 1.54) is 0 Å². The van der Waals surface area contributed by atoms with Gasteiger partial charge in [0.05, 0.1) is 0 Å². The first kappa shape index (κ1) is 12.2. The number of hydrogen-bond donors (Lipinski definition) is 3. The molecule has 1 aliphatic heterocycles. The van der Waals surface area contributed by atoms with Gasteiger partial charge in [0, 0.05) is 12.1 Å². The molecular formula is C11H20N4O2. The lowest BCUT2D eigenvalue weighted by Gasteiger charge is -2.33. The summed E-state index contributed by atoms with van der Waals surface area (Å²) in [5.41, 5.74) is 5.21.